The fraction of sp³-hybridized carbons (Fsp3) is 0.0500. The quantitative estimate of drug-likeness (QED) is 0.564. The van der Waals surface area contributed by atoms with Crippen LogP contribution in [-0.4, -0.2) is 9.97 Å². The van der Waals surface area contributed by atoms with Crippen LogP contribution in [0.15, 0.2) is 67.0 Å². The zero-order chi connectivity index (χ0) is 16.5. The number of pyridine rings is 1. The molecule has 0 radical (unpaired) electrons. The second-order valence-electron chi connectivity index (χ2n) is 5.81. The van der Waals surface area contributed by atoms with Gasteiger partial charge in [0.05, 0.1) is 11.9 Å². The lowest BCUT2D eigenvalue weighted by Gasteiger charge is -2.06. The predicted molar refractivity (Wildman–Crippen MR) is 97.2 cm³/mol. The molecule has 0 aliphatic carbocycles. The SMILES string of the molecule is Cc1ccc2[nH]cc(-c3ccc(Oc4ccc(N)cn4)cc3)c2c1. The molecule has 0 bridgehead atoms. The van der Waals surface area contributed by atoms with E-state index in [0.29, 0.717) is 11.6 Å². The van der Waals surface area contributed by atoms with E-state index in [0.717, 1.165) is 16.8 Å². The van der Waals surface area contributed by atoms with E-state index in [9.17, 15) is 0 Å². The van der Waals surface area contributed by atoms with Gasteiger partial charge in [-0.25, -0.2) is 4.98 Å². The Labute approximate surface area is 139 Å². The molecule has 118 valence electrons. The van der Waals surface area contributed by atoms with Crippen molar-refractivity contribution >= 4 is 16.6 Å². The van der Waals surface area contributed by atoms with Crippen LogP contribution in [0.3, 0.4) is 0 Å². The molecule has 0 saturated heterocycles. The minimum atomic E-state index is 0.527. The number of nitrogens with zero attached hydrogens (tertiary/aromatic N) is 1. The molecule has 0 amide bonds. The number of nitrogen functional groups attached to an aromatic ring is 1. The van der Waals surface area contributed by atoms with Gasteiger partial charge in [0.25, 0.3) is 0 Å². The maximum atomic E-state index is 5.74. The fourth-order valence-corrected chi connectivity index (χ4v) is 2.75. The number of nitrogens with two attached hydrogens (primary N) is 1. The first-order valence-corrected chi connectivity index (χ1v) is 7.76. The summed E-state index contributed by atoms with van der Waals surface area (Å²) in [7, 11) is 0. The van der Waals surface area contributed by atoms with Crippen LogP contribution in [-0.2, 0) is 0 Å². The van der Waals surface area contributed by atoms with Crippen molar-refractivity contribution < 1.29 is 4.74 Å². The highest BCUT2D eigenvalue weighted by atomic mass is 16.5. The lowest BCUT2D eigenvalue weighted by molar-refractivity contribution is 0.463. The van der Waals surface area contributed by atoms with Crippen molar-refractivity contribution in [3.05, 3.63) is 72.6 Å². The largest absolute Gasteiger partial charge is 0.439 e. The summed E-state index contributed by atoms with van der Waals surface area (Å²) in [5.41, 5.74) is 11.0. The van der Waals surface area contributed by atoms with Crippen LogP contribution >= 0.6 is 0 Å². The molecular weight excluding hydrogens is 298 g/mol. The number of aromatic amines is 1. The minimum absolute atomic E-state index is 0.527. The third-order valence-electron chi connectivity index (χ3n) is 3.98. The zero-order valence-electron chi connectivity index (χ0n) is 13.3. The Balaban J connectivity index is 1.63. The van der Waals surface area contributed by atoms with Crippen molar-refractivity contribution in [1.82, 2.24) is 9.97 Å². The molecule has 3 N–H and O–H groups in total. The molecule has 0 aliphatic heterocycles. The number of anilines is 1. The maximum Gasteiger partial charge on any atom is 0.219 e. The first kappa shape index (κ1) is 14.3. The van der Waals surface area contributed by atoms with E-state index >= 15 is 0 Å². The standard InChI is InChI=1S/C20H17N3O/c1-13-2-8-19-17(10-13)18(12-22-19)14-3-6-16(7-4-14)24-20-9-5-15(21)11-23-20/h2-12,22H,21H2,1H3. The number of benzene rings is 2. The molecular formula is C20H17N3O. The summed E-state index contributed by atoms with van der Waals surface area (Å²) in [5.74, 6) is 1.27. The third-order valence-corrected chi connectivity index (χ3v) is 3.98. The van der Waals surface area contributed by atoms with Gasteiger partial charge in [0.1, 0.15) is 5.75 Å². The lowest BCUT2D eigenvalue weighted by atomic mass is 10.0. The number of ether oxygens (including phenoxy) is 1. The van der Waals surface area contributed by atoms with Gasteiger partial charge < -0.3 is 15.5 Å². The first-order valence-electron chi connectivity index (χ1n) is 7.76. The fourth-order valence-electron chi connectivity index (χ4n) is 2.75. The number of rotatable bonds is 3. The van der Waals surface area contributed by atoms with E-state index in [1.807, 2.05) is 18.3 Å². The summed E-state index contributed by atoms with van der Waals surface area (Å²) in [4.78, 5) is 7.46. The molecule has 2 aromatic carbocycles. The van der Waals surface area contributed by atoms with Crippen molar-refractivity contribution in [2.45, 2.75) is 6.92 Å². The van der Waals surface area contributed by atoms with Crippen molar-refractivity contribution in [2.24, 2.45) is 0 Å². The summed E-state index contributed by atoms with van der Waals surface area (Å²) in [6.07, 6.45) is 3.62. The van der Waals surface area contributed by atoms with E-state index < -0.39 is 0 Å². The Kier molecular flexibility index (Phi) is 3.43. The monoisotopic (exact) mass is 315 g/mol. The number of hydrogen-bond acceptors (Lipinski definition) is 3. The molecule has 0 atom stereocenters. The lowest BCUT2D eigenvalue weighted by Crippen LogP contribution is -1.90. The van der Waals surface area contributed by atoms with Gasteiger partial charge in [-0.2, -0.15) is 0 Å². The van der Waals surface area contributed by atoms with E-state index in [-0.39, 0.29) is 0 Å². The Morgan fingerprint density at radius 2 is 1.83 bits per heavy atom. The third kappa shape index (κ3) is 2.70. The Morgan fingerprint density at radius 3 is 2.58 bits per heavy atom. The van der Waals surface area contributed by atoms with Crippen LogP contribution in [0.1, 0.15) is 5.56 Å². The normalized spacial score (nSPS) is 10.9. The summed E-state index contributed by atoms with van der Waals surface area (Å²) >= 11 is 0. The summed E-state index contributed by atoms with van der Waals surface area (Å²) in [5, 5.41) is 1.23. The highest BCUT2D eigenvalue weighted by molar-refractivity contribution is 5.95. The number of fused-ring (bicyclic) bond motifs is 1. The van der Waals surface area contributed by atoms with Crippen molar-refractivity contribution in [3.63, 3.8) is 0 Å². The first-order chi connectivity index (χ1) is 11.7. The zero-order valence-corrected chi connectivity index (χ0v) is 13.3. The van der Waals surface area contributed by atoms with Crippen LogP contribution in [0.4, 0.5) is 5.69 Å². The topological polar surface area (TPSA) is 63.9 Å². The molecule has 0 saturated carbocycles. The smallest absolute Gasteiger partial charge is 0.219 e. The second-order valence-corrected chi connectivity index (χ2v) is 5.81. The van der Waals surface area contributed by atoms with Gasteiger partial charge in [-0.05, 0) is 42.8 Å². The number of aryl methyl sites for hydroxylation is 1. The van der Waals surface area contributed by atoms with Gasteiger partial charge >= 0.3 is 0 Å². The average molecular weight is 315 g/mol. The van der Waals surface area contributed by atoms with Crippen LogP contribution in [0.25, 0.3) is 22.0 Å². The van der Waals surface area contributed by atoms with Gasteiger partial charge in [0, 0.05) is 28.7 Å². The summed E-state index contributed by atoms with van der Waals surface area (Å²) < 4.78 is 5.74. The number of aromatic nitrogens is 2. The number of hydrogen-bond donors (Lipinski definition) is 2. The Bertz CT molecular complexity index is 986. The van der Waals surface area contributed by atoms with Crippen LogP contribution < -0.4 is 10.5 Å². The Morgan fingerprint density at radius 1 is 1.00 bits per heavy atom. The molecule has 24 heavy (non-hydrogen) atoms. The van der Waals surface area contributed by atoms with Crippen LogP contribution in [0, 0.1) is 6.92 Å². The van der Waals surface area contributed by atoms with Gasteiger partial charge in [-0.15, -0.1) is 0 Å². The van der Waals surface area contributed by atoms with Crippen LogP contribution in [0.5, 0.6) is 11.6 Å². The van der Waals surface area contributed by atoms with Gasteiger partial charge in [0.15, 0.2) is 0 Å². The summed E-state index contributed by atoms with van der Waals surface area (Å²) in [6.45, 7) is 2.10. The van der Waals surface area contributed by atoms with Crippen molar-refractivity contribution in [3.8, 4) is 22.8 Å². The molecule has 4 nitrogen and oxygen atoms in total. The molecule has 4 heteroatoms. The highest BCUT2D eigenvalue weighted by Crippen LogP contribution is 2.31. The van der Waals surface area contributed by atoms with E-state index in [1.54, 1.807) is 18.3 Å². The molecule has 4 aromatic rings. The molecule has 2 aromatic heterocycles. The highest BCUT2D eigenvalue weighted by Gasteiger charge is 2.07. The van der Waals surface area contributed by atoms with Crippen LogP contribution in [0.2, 0.25) is 0 Å². The van der Waals surface area contributed by atoms with Gasteiger partial charge in [-0.1, -0.05) is 23.8 Å². The number of nitrogens with one attached hydrogen (secondary N) is 1. The predicted octanol–water partition coefficient (Wildman–Crippen LogP) is 4.91. The van der Waals surface area contributed by atoms with E-state index in [1.165, 1.54) is 16.5 Å². The molecule has 4 rings (SSSR count). The molecule has 0 aliphatic rings. The van der Waals surface area contributed by atoms with E-state index in [4.69, 9.17) is 10.5 Å². The molecule has 0 fully saturated rings. The number of H-pyrrole nitrogens is 1. The van der Waals surface area contributed by atoms with Gasteiger partial charge in [-0.3, -0.25) is 0 Å². The minimum Gasteiger partial charge on any atom is -0.439 e. The molecule has 0 spiro atoms. The Hall–Kier alpha value is -3.27. The summed E-state index contributed by atoms with van der Waals surface area (Å²) in [6, 6.07) is 17.9. The van der Waals surface area contributed by atoms with Crippen molar-refractivity contribution in [1.29, 1.82) is 0 Å². The molecule has 2 heterocycles. The second kappa shape index (κ2) is 5.74. The van der Waals surface area contributed by atoms with Gasteiger partial charge in [0.2, 0.25) is 5.88 Å². The molecule has 0 unspecified atom stereocenters. The van der Waals surface area contributed by atoms with Crippen molar-refractivity contribution in [2.75, 3.05) is 5.73 Å². The van der Waals surface area contributed by atoms with E-state index in [2.05, 4.69) is 47.2 Å². The average Bonchev–Trinajstić information content (AvgIpc) is 3.01. The maximum absolute atomic E-state index is 5.74.